The molecule has 0 spiro atoms. The zero-order valence-electron chi connectivity index (χ0n) is 17.1. The quantitative estimate of drug-likeness (QED) is 0.617. The van der Waals surface area contributed by atoms with Crippen molar-refractivity contribution in [2.75, 3.05) is 13.2 Å². The van der Waals surface area contributed by atoms with Crippen LogP contribution in [0.3, 0.4) is 0 Å². The van der Waals surface area contributed by atoms with Crippen LogP contribution in [0.5, 0.6) is 11.6 Å². The molecule has 1 aromatic heterocycles. The van der Waals surface area contributed by atoms with Crippen molar-refractivity contribution in [3.63, 3.8) is 0 Å². The summed E-state index contributed by atoms with van der Waals surface area (Å²) in [6.07, 6.45) is -1.73. The molecule has 174 valence electrons. The number of carbonyl (C=O) groups is 1. The highest BCUT2D eigenvalue weighted by Crippen LogP contribution is 2.27. The highest BCUT2D eigenvalue weighted by Gasteiger charge is 2.27. The molecule has 4 rings (SSSR count). The van der Waals surface area contributed by atoms with Crippen LogP contribution in [0.1, 0.15) is 34.5 Å². The molecule has 32 heavy (non-hydrogen) atoms. The number of benzene rings is 1. The zero-order chi connectivity index (χ0) is 22.7. The van der Waals surface area contributed by atoms with E-state index < -0.39 is 18.9 Å². The molecule has 2 aliphatic rings. The molecule has 2 aromatic rings. The summed E-state index contributed by atoms with van der Waals surface area (Å²) >= 11 is 0. The number of halogens is 4. The molecular weight excluding hydrogens is 434 g/mol. The van der Waals surface area contributed by atoms with Gasteiger partial charge in [0.2, 0.25) is 12.3 Å². The van der Waals surface area contributed by atoms with Crippen LogP contribution in [0.15, 0.2) is 24.3 Å². The molecule has 0 saturated carbocycles. The van der Waals surface area contributed by atoms with Crippen molar-refractivity contribution < 1.29 is 36.6 Å². The summed E-state index contributed by atoms with van der Waals surface area (Å²) < 4.78 is 66.7. The van der Waals surface area contributed by atoms with Gasteiger partial charge in [-0.3, -0.25) is 4.79 Å². The Kier molecular flexibility index (Phi) is 6.83. The Labute approximate surface area is 181 Å². The number of aromatic nitrogens is 2. The van der Waals surface area contributed by atoms with Gasteiger partial charge in [0.1, 0.15) is 18.5 Å². The number of nitrogens with zero attached hydrogens (tertiary/aromatic N) is 2. The van der Waals surface area contributed by atoms with Crippen molar-refractivity contribution in [3.8, 4) is 11.6 Å². The fourth-order valence-corrected chi connectivity index (χ4v) is 3.86. The lowest BCUT2D eigenvalue weighted by molar-refractivity contribution is -0.133. The minimum atomic E-state index is -2.81. The second-order valence-electron chi connectivity index (χ2n) is 7.76. The Morgan fingerprint density at radius 1 is 1.28 bits per heavy atom. The lowest BCUT2D eigenvalue weighted by atomic mass is 9.99. The molecule has 0 aliphatic carbocycles. The molecule has 7 nitrogen and oxygen atoms in total. The summed E-state index contributed by atoms with van der Waals surface area (Å²) in [6.45, 7) is -2.18. The van der Waals surface area contributed by atoms with Gasteiger partial charge < -0.3 is 19.5 Å². The summed E-state index contributed by atoms with van der Waals surface area (Å²) in [4.78, 5) is 12.7. The molecule has 1 aromatic carbocycles. The van der Waals surface area contributed by atoms with Gasteiger partial charge in [0.15, 0.2) is 5.69 Å². The number of aryl methyl sites for hydroxylation is 1. The fourth-order valence-electron chi connectivity index (χ4n) is 3.86. The first-order chi connectivity index (χ1) is 15.4. The van der Waals surface area contributed by atoms with Gasteiger partial charge in [0.05, 0.1) is 12.6 Å². The van der Waals surface area contributed by atoms with E-state index in [1.54, 1.807) is 22.9 Å². The van der Waals surface area contributed by atoms with Crippen LogP contribution < -0.4 is 14.8 Å². The summed E-state index contributed by atoms with van der Waals surface area (Å²) in [5, 5.41) is 7.11. The number of nitrogens with one attached hydrogen (secondary N) is 1. The van der Waals surface area contributed by atoms with Crippen molar-refractivity contribution >= 4 is 5.91 Å². The maximum atomic E-state index is 12.7. The first kappa shape index (κ1) is 22.4. The minimum Gasteiger partial charge on any atom is -0.491 e. The number of alkyl halides is 4. The van der Waals surface area contributed by atoms with Gasteiger partial charge in [-0.1, -0.05) is 12.1 Å². The molecule has 2 atom stereocenters. The number of hydrogen-bond acceptors (Lipinski definition) is 5. The third-order valence-electron chi connectivity index (χ3n) is 5.37. The molecule has 1 amide bonds. The number of amides is 1. The van der Waals surface area contributed by atoms with E-state index in [1.165, 1.54) is 6.07 Å². The fraction of sp³-hybridized carbons (Fsp3) is 0.524. The summed E-state index contributed by atoms with van der Waals surface area (Å²) in [6, 6.07) is 6.14. The molecule has 0 fully saturated rings. The van der Waals surface area contributed by atoms with E-state index in [9.17, 15) is 22.4 Å². The van der Waals surface area contributed by atoms with Gasteiger partial charge in [-0.15, -0.1) is 0 Å². The van der Waals surface area contributed by atoms with Gasteiger partial charge in [0, 0.05) is 31.9 Å². The Morgan fingerprint density at radius 3 is 2.91 bits per heavy atom. The maximum Gasteiger partial charge on any atom is 0.345 e. The Balaban J connectivity index is 1.34. The molecule has 2 aliphatic heterocycles. The van der Waals surface area contributed by atoms with Gasteiger partial charge in [-0.2, -0.15) is 13.9 Å². The Morgan fingerprint density at radius 2 is 2.12 bits per heavy atom. The highest BCUT2D eigenvalue weighted by molar-refractivity contribution is 5.92. The predicted octanol–water partition coefficient (Wildman–Crippen LogP) is 3.20. The Bertz CT molecular complexity index is 953. The van der Waals surface area contributed by atoms with Crippen LogP contribution in [-0.2, 0) is 24.1 Å². The largest absolute Gasteiger partial charge is 0.491 e. The molecule has 0 bridgehead atoms. The average Bonchev–Trinajstić information content (AvgIpc) is 3.16. The van der Waals surface area contributed by atoms with Crippen molar-refractivity contribution in [2.45, 2.75) is 57.4 Å². The zero-order valence-corrected chi connectivity index (χ0v) is 17.1. The first-order valence-corrected chi connectivity index (χ1v) is 10.3. The molecule has 0 radical (unpaired) electrons. The summed E-state index contributed by atoms with van der Waals surface area (Å²) in [7, 11) is 0. The SMILES string of the molecule is O=C(NC1COc2ccc(CC(F)F)cc2C1)c1cc2n(n1)CCC(CCOC(F)F)O2. The van der Waals surface area contributed by atoms with Crippen molar-refractivity contribution in [3.05, 3.63) is 41.1 Å². The van der Waals surface area contributed by atoms with Crippen LogP contribution in [0, 0.1) is 0 Å². The smallest absolute Gasteiger partial charge is 0.345 e. The van der Waals surface area contributed by atoms with E-state index in [0.717, 1.165) is 5.56 Å². The van der Waals surface area contributed by atoms with Crippen LogP contribution in [0.4, 0.5) is 17.6 Å². The minimum absolute atomic E-state index is 0.119. The number of ether oxygens (including phenoxy) is 3. The molecular formula is C21H23F4N3O4. The van der Waals surface area contributed by atoms with Gasteiger partial charge >= 0.3 is 6.61 Å². The molecule has 3 heterocycles. The van der Waals surface area contributed by atoms with Crippen molar-refractivity contribution in [1.29, 1.82) is 0 Å². The van der Waals surface area contributed by atoms with Gasteiger partial charge in [0.25, 0.3) is 5.91 Å². The first-order valence-electron chi connectivity index (χ1n) is 10.3. The van der Waals surface area contributed by atoms with E-state index >= 15 is 0 Å². The third kappa shape index (κ3) is 5.50. The van der Waals surface area contributed by atoms with Crippen molar-refractivity contribution in [1.82, 2.24) is 15.1 Å². The van der Waals surface area contributed by atoms with Crippen LogP contribution >= 0.6 is 0 Å². The molecule has 2 unspecified atom stereocenters. The second kappa shape index (κ2) is 9.76. The number of fused-ring (bicyclic) bond motifs is 2. The maximum absolute atomic E-state index is 12.7. The second-order valence-corrected chi connectivity index (χ2v) is 7.76. The van der Waals surface area contributed by atoms with E-state index in [2.05, 4.69) is 15.2 Å². The highest BCUT2D eigenvalue weighted by atomic mass is 19.3. The third-order valence-corrected chi connectivity index (χ3v) is 5.37. The lowest BCUT2D eigenvalue weighted by Crippen LogP contribution is -2.43. The van der Waals surface area contributed by atoms with E-state index in [4.69, 9.17) is 9.47 Å². The normalized spacial score (nSPS) is 19.8. The van der Waals surface area contributed by atoms with Crippen molar-refractivity contribution in [2.24, 2.45) is 0 Å². The van der Waals surface area contributed by atoms with E-state index in [1.807, 2.05) is 0 Å². The number of hydrogen-bond donors (Lipinski definition) is 1. The number of rotatable bonds is 8. The van der Waals surface area contributed by atoms with E-state index in [0.29, 0.717) is 43.0 Å². The summed E-state index contributed by atoms with van der Waals surface area (Å²) in [5.74, 6) is 0.612. The number of carbonyl (C=O) groups excluding carboxylic acids is 1. The topological polar surface area (TPSA) is 74.6 Å². The van der Waals surface area contributed by atoms with Crippen LogP contribution in [-0.4, -0.2) is 54.1 Å². The van der Waals surface area contributed by atoms with Gasteiger partial charge in [-0.05, 0) is 23.6 Å². The predicted molar refractivity (Wildman–Crippen MR) is 104 cm³/mol. The molecule has 11 heteroatoms. The van der Waals surface area contributed by atoms with Crippen LogP contribution in [0.2, 0.25) is 0 Å². The van der Waals surface area contributed by atoms with E-state index in [-0.39, 0.29) is 37.5 Å². The standard InChI is InChI=1S/C21H23F4N3O4/c22-18(23)8-12-1-2-17-13(7-12)9-14(11-31-17)26-20(29)16-10-19-28(27-16)5-3-15(32-19)4-6-30-21(24)25/h1-2,7,10,14-15,18,21H,3-6,8-9,11H2,(H,26,29). The Hall–Kier alpha value is -2.82. The molecule has 1 N–H and O–H groups in total. The van der Waals surface area contributed by atoms with Gasteiger partial charge in [-0.25, -0.2) is 13.5 Å². The summed E-state index contributed by atoms with van der Waals surface area (Å²) in [5.41, 5.74) is 1.45. The molecule has 0 saturated heterocycles. The lowest BCUT2D eigenvalue weighted by Gasteiger charge is -2.26. The average molecular weight is 457 g/mol. The monoisotopic (exact) mass is 457 g/mol. The van der Waals surface area contributed by atoms with Crippen LogP contribution in [0.25, 0.3) is 0 Å².